The van der Waals surface area contributed by atoms with Crippen LogP contribution >= 0.6 is 12.2 Å². The highest BCUT2D eigenvalue weighted by molar-refractivity contribution is 7.80. The van der Waals surface area contributed by atoms with Gasteiger partial charge in [-0.15, -0.1) is 0 Å². The van der Waals surface area contributed by atoms with E-state index >= 15 is 0 Å². The van der Waals surface area contributed by atoms with Crippen molar-refractivity contribution in [3.63, 3.8) is 0 Å². The summed E-state index contributed by atoms with van der Waals surface area (Å²) in [5.41, 5.74) is 9.10. The first-order valence-corrected chi connectivity index (χ1v) is 10.9. The Hall–Kier alpha value is -3.53. The number of carbonyl (C=O) groups excluding carboxylic acids is 1. The van der Waals surface area contributed by atoms with Gasteiger partial charge in [0.15, 0.2) is 5.11 Å². The standard InChI is InChI=1S/C23H24F2N6OS/c1-13-8-9-17(14(2)10-13)28-23(33)30-29-22(32)16-12-26-31-19(20(24)25)11-18(27-21(16)31)15-6-4-3-5-7-15/h3-10,12,18-20,27H,11H2,1-2H3,(H,29,32)(H2,28,30,33)/t18-,19-/m0/s1. The average molecular weight is 471 g/mol. The molecule has 3 aromatic rings. The van der Waals surface area contributed by atoms with Crippen LogP contribution in [0.4, 0.5) is 20.3 Å². The van der Waals surface area contributed by atoms with Crippen LogP contribution in [0.2, 0.25) is 0 Å². The summed E-state index contributed by atoms with van der Waals surface area (Å²) in [7, 11) is 0. The minimum atomic E-state index is -2.62. The number of hydrogen-bond acceptors (Lipinski definition) is 4. The molecule has 1 aromatic heterocycles. The number of amides is 1. The zero-order chi connectivity index (χ0) is 23.5. The van der Waals surface area contributed by atoms with Gasteiger partial charge in [-0.1, -0.05) is 48.0 Å². The lowest BCUT2D eigenvalue weighted by Crippen LogP contribution is -2.44. The smallest absolute Gasteiger partial charge is 0.275 e. The number of rotatable bonds is 4. The number of nitrogens with one attached hydrogen (secondary N) is 4. The van der Waals surface area contributed by atoms with Gasteiger partial charge in [-0.05, 0) is 49.7 Å². The van der Waals surface area contributed by atoms with E-state index in [1.807, 2.05) is 62.4 Å². The number of fused-ring (bicyclic) bond motifs is 1. The highest BCUT2D eigenvalue weighted by Crippen LogP contribution is 2.39. The number of hydrazine groups is 1. The fourth-order valence-electron chi connectivity index (χ4n) is 3.89. The molecule has 4 rings (SSSR count). The maximum absolute atomic E-state index is 13.8. The second-order valence-corrected chi connectivity index (χ2v) is 8.36. The molecule has 0 spiro atoms. The zero-order valence-corrected chi connectivity index (χ0v) is 18.9. The molecule has 1 amide bonds. The number of hydrogen-bond donors (Lipinski definition) is 4. The largest absolute Gasteiger partial charge is 0.363 e. The highest BCUT2D eigenvalue weighted by atomic mass is 32.1. The number of anilines is 2. The zero-order valence-electron chi connectivity index (χ0n) is 18.1. The van der Waals surface area contributed by atoms with Crippen molar-refractivity contribution in [1.82, 2.24) is 20.6 Å². The molecule has 10 heteroatoms. The predicted octanol–water partition coefficient (Wildman–Crippen LogP) is 4.49. The summed E-state index contributed by atoms with van der Waals surface area (Å²) in [6.45, 7) is 3.94. The lowest BCUT2D eigenvalue weighted by atomic mass is 9.97. The average Bonchev–Trinajstić information content (AvgIpc) is 3.23. The molecule has 0 saturated carbocycles. The van der Waals surface area contributed by atoms with Crippen LogP contribution in [0.1, 0.15) is 45.6 Å². The monoisotopic (exact) mass is 470 g/mol. The van der Waals surface area contributed by atoms with Crippen LogP contribution < -0.4 is 21.5 Å². The summed E-state index contributed by atoms with van der Waals surface area (Å²) < 4.78 is 28.8. The van der Waals surface area contributed by atoms with Gasteiger partial charge in [-0.2, -0.15) is 5.10 Å². The Morgan fingerprint density at radius 1 is 1.18 bits per heavy atom. The quantitative estimate of drug-likeness (QED) is 0.332. The second kappa shape index (κ2) is 9.53. The molecule has 0 unspecified atom stereocenters. The maximum atomic E-state index is 13.8. The van der Waals surface area contributed by atoms with Crippen LogP contribution in [0.3, 0.4) is 0 Å². The van der Waals surface area contributed by atoms with Crippen LogP contribution in [0.15, 0.2) is 54.7 Å². The Balaban J connectivity index is 1.47. The van der Waals surface area contributed by atoms with Crippen molar-refractivity contribution < 1.29 is 13.6 Å². The van der Waals surface area contributed by atoms with E-state index in [1.54, 1.807) is 0 Å². The van der Waals surface area contributed by atoms with Gasteiger partial charge in [0.2, 0.25) is 0 Å². The molecule has 0 bridgehead atoms. The first-order chi connectivity index (χ1) is 15.8. The summed E-state index contributed by atoms with van der Waals surface area (Å²) in [6.07, 6.45) is -1.19. The molecule has 1 aliphatic heterocycles. The van der Waals surface area contributed by atoms with Gasteiger partial charge in [0, 0.05) is 5.69 Å². The number of aromatic nitrogens is 2. The number of aryl methyl sites for hydroxylation is 2. The van der Waals surface area contributed by atoms with Crippen LogP contribution in [-0.2, 0) is 0 Å². The topological polar surface area (TPSA) is 83.0 Å². The molecule has 0 radical (unpaired) electrons. The van der Waals surface area contributed by atoms with Crippen LogP contribution in [-0.4, -0.2) is 27.2 Å². The first-order valence-electron chi connectivity index (χ1n) is 10.4. The van der Waals surface area contributed by atoms with Gasteiger partial charge in [-0.3, -0.25) is 15.6 Å². The number of benzene rings is 2. The number of carbonyl (C=O) groups is 1. The van der Waals surface area contributed by atoms with Crippen LogP contribution in [0.5, 0.6) is 0 Å². The molecule has 0 fully saturated rings. The molecule has 0 saturated heterocycles. The normalized spacial score (nSPS) is 17.1. The third-order valence-electron chi connectivity index (χ3n) is 5.55. The minimum absolute atomic E-state index is 0.142. The van der Waals surface area contributed by atoms with E-state index in [0.717, 1.165) is 22.4 Å². The third-order valence-corrected chi connectivity index (χ3v) is 5.76. The molecular formula is C23H24F2N6OS. The molecule has 1 aliphatic rings. The molecule has 2 heterocycles. The highest BCUT2D eigenvalue weighted by Gasteiger charge is 2.36. The van der Waals surface area contributed by atoms with Crippen molar-refractivity contribution in [3.05, 3.63) is 77.0 Å². The van der Waals surface area contributed by atoms with E-state index < -0.39 is 18.4 Å². The molecular weight excluding hydrogens is 446 g/mol. The first kappa shape index (κ1) is 22.7. The summed E-state index contributed by atoms with van der Waals surface area (Å²) in [5, 5.41) is 10.5. The summed E-state index contributed by atoms with van der Waals surface area (Å²) >= 11 is 5.26. The second-order valence-electron chi connectivity index (χ2n) is 7.95. The molecule has 7 nitrogen and oxygen atoms in total. The Labute approximate surface area is 195 Å². The Morgan fingerprint density at radius 3 is 2.64 bits per heavy atom. The van der Waals surface area contributed by atoms with Crippen molar-refractivity contribution in [3.8, 4) is 0 Å². The lowest BCUT2D eigenvalue weighted by Gasteiger charge is -2.32. The van der Waals surface area contributed by atoms with Gasteiger partial charge in [-0.25, -0.2) is 13.5 Å². The minimum Gasteiger partial charge on any atom is -0.363 e. The van der Waals surface area contributed by atoms with Crippen molar-refractivity contribution in [1.29, 1.82) is 0 Å². The van der Waals surface area contributed by atoms with E-state index in [1.165, 1.54) is 10.9 Å². The number of alkyl halides is 2. The van der Waals surface area contributed by atoms with Gasteiger partial charge in [0.25, 0.3) is 12.3 Å². The lowest BCUT2D eigenvalue weighted by molar-refractivity contribution is 0.0656. The summed E-state index contributed by atoms with van der Waals surface area (Å²) in [6, 6.07) is 13.6. The fraction of sp³-hybridized carbons (Fsp3) is 0.261. The van der Waals surface area contributed by atoms with E-state index in [0.29, 0.717) is 0 Å². The maximum Gasteiger partial charge on any atom is 0.275 e. The molecule has 172 valence electrons. The Kier molecular flexibility index (Phi) is 6.55. The van der Waals surface area contributed by atoms with Crippen molar-refractivity contribution in [2.75, 3.05) is 10.6 Å². The molecule has 4 N–H and O–H groups in total. The van der Waals surface area contributed by atoms with Gasteiger partial charge >= 0.3 is 0 Å². The van der Waals surface area contributed by atoms with Crippen molar-refractivity contribution in [2.45, 2.75) is 38.8 Å². The summed E-state index contributed by atoms with van der Waals surface area (Å²) in [4.78, 5) is 12.8. The number of halogens is 2. The molecule has 0 aliphatic carbocycles. The van der Waals surface area contributed by atoms with Crippen LogP contribution in [0, 0.1) is 13.8 Å². The SMILES string of the molecule is Cc1ccc(NC(=S)NNC(=O)c2cnn3c2N[C@H](c2ccccc2)C[C@H]3C(F)F)c(C)c1. The molecule has 33 heavy (non-hydrogen) atoms. The van der Waals surface area contributed by atoms with Gasteiger partial charge in [0.1, 0.15) is 17.4 Å². The van der Waals surface area contributed by atoms with Crippen LogP contribution in [0.25, 0.3) is 0 Å². The predicted molar refractivity (Wildman–Crippen MR) is 127 cm³/mol. The van der Waals surface area contributed by atoms with E-state index in [-0.39, 0.29) is 29.0 Å². The van der Waals surface area contributed by atoms with Crippen molar-refractivity contribution >= 4 is 34.7 Å². The van der Waals surface area contributed by atoms with E-state index in [4.69, 9.17) is 12.2 Å². The Bertz CT molecular complexity index is 1170. The third kappa shape index (κ3) is 4.95. The summed E-state index contributed by atoms with van der Waals surface area (Å²) in [5.74, 6) is -0.303. The van der Waals surface area contributed by atoms with E-state index in [9.17, 15) is 13.6 Å². The van der Waals surface area contributed by atoms with Gasteiger partial charge < -0.3 is 10.6 Å². The number of nitrogens with zero attached hydrogens (tertiary/aromatic N) is 2. The Morgan fingerprint density at radius 2 is 1.94 bits per heavy atom. The number of thiocarbonyl (C=S) groups is 1. The molecule has 2 aromatic carbocycles. The fourth-order valence-corrected chi connectivity index (χ4v) is 4.05. The molecule has 2 atom stereocenters. The van der Waals surface area contributed by atoms with Gasteiger partial charge in [0.05, 0.1) is 12.2 Å². The van der Waals surface area contributed by atoms with Crippen molar-refractivity contribution in [2.24, 2.45) is 0 Å². The van der Waals surface area contributed by atoms with E-state index in [2.05, 4.69) is 26.6 Å².